The predicted molar refractivity (Wildman–Crippen MR) is 88.3 cm³/mol. The average Bonchev–Trinajstić information content (AvgIpc) is 2.38. The number of hydrogen-bond donors (Lipinski definition) is 0. The molecule has 0 rings (SSSR count). The number of unbranched alkanes of at least 4 members (excludes halogenated alkanes) is 9. The number of quaternary nitrogens is 1. The monoisotopic (exact) mass is 321 g/mol. The third kappa shape index (κ3) is 16.1. The van der Waals surface area contributed by atoms with Crippen LogP contribution in [0, 0.1) is 0 Å². The van der Waals surface area contributed by atoms with E-state index in [1.807, 2.05) is 14.1 Å². The van der Waals surface area contributed by atoms with Crippen molar-refractivity contribution in [2.45, 2.75) is 71.1 Å². The van der Waals surface area contributed by atoms with Crippen LogP contribution >= 0.6 is 0 Å². The fourth-order valence-electron chi connectivity index (χ4n) is 2.50. The van der Waals surface area contributed by atoms with Gasteiger partial charge in [-0.3, -0.25) is 0 Å². The zero-order valence-corrected chi connectivity index (χ0v) is 15.1. The fraction of sp³-hybridized carbons (Fsp3) is 1.00. The van der Waals surface area contributed by atoms with E-state index < -0.39 is 10.1 Å². The first kappa shape index (κ1) is 20.9. The van der Waals surface area contributed by atoms with Crippen LogP contribution in [0.4, 0.5) is 0 Å². The van der Waals surface area contributed by atoms with Crippen LogP contribution in [0.15, 0.2) is 0 Å². The van der Waals surface area contributed by atoms with Crippen LogP contribution in [-0.2, 0) is 10.1 Å². The minimum atomic E-state index is -4.08. The third-order valence-electron chi connectivity index (χ3n) is 4.06. The zero-order chi connectivity index (χ0) is 16.2. The lowest BCUT2D eigenvalue weighted by Gasteiger charge is -2.30. The summed E-state index contributed by atoms with van der Waals surface area (Å²) in [7, 11) is -0.0775. The molecular weight excluding hydrogens is 286 g/mol. The van der Waals surface area contributed by atoms with E-state index in [1.165, 1.54) is 57.8 Å². The van der Waals surface area contributed by atoms with Gasteiger partial charge in [-0.1, -0.05) is 58.3 Å². The molecule has 128 valence electrons. The highest BCUT2D eigenvalue weighted by Gasteiger charge is 2.15. The minimum Gasteiger partial charge on any atom is -0.748 e. The van der Waals surface area contributed by atoms with Gasteiger partial charge in [0.25, 0.3) is 0 Å². The average molecular weight is 322 g/mol. The Morgan fingerprint density at radius 3 is 1.62 bits per heavy atom. The summed E-state index contributed by atoms with van der Waals surface area (Å²) >= 11 is 0. The molecule has 0 aromatic rings. The highest BCUT2D eigenvalue weighted by atomic mass is 32.2. The SMILES string of the molecule is CCCCCCCCCCCC[N+](C)(C)CCS(=O)(=O)[O-]. The predicted octanol–water partition coefficient (Wildman–Crippen LogP) is 3.53. The Labute approximate surface area is 132 Å². The van der Waals surface area contributed by atoms with Crippen molar-refractivity contribution in [2.75, 3.05) is 32.9 Å². The molecule has 0 aliphatic rings. The van der Waals surface area contributed by atoms with E-state index in [0.29, 0.717) is 11.0 Å². The van der Waals surface area contributed by atoms with Crippen molar-refractivity contribution in [3.05, 3.63) is 0 Å². The molecule has 0 N–H and O–H groups in total. The molecule has 0 amide bonds. The van der Waals surface area contributed by atoms with E-state index in [-0.39, 0.29) is 5.75 Å². The van der Waals surface area contributed by atoms with Crippen LogP contribution in [0.1, 0.15) is 71.1 Å². The van der Waals surface area contributed by atoms with Gasteiger partial charge in [-0.05, 0) is 12.8 Å². The second-order valence-corrected chi connectivity index (χ2v) is 8.35. The molecule has 0 spiro atoms. The quantitative estimate of drug-likeness (QED) is 0.279. The minimum absolute atomic E-state index is 0.252. The smallest absolute Gasteiger partial charge is 0.100 e. The summed E-state index contributed by atoms with van der Waals surface area (Å²) in [4.78, 5) is 0. The lowest BCUT2D eigenvalue weighted by atomic mass is 10.1. The summed E-state index contributed by atoms with van der Waals surface area (Å²) in [5.74, 6) is -0.252. The maximum absolute atomic E-state index is 10.7. The summed E-state index contributed by atoms with van der Waals surface area (Å²) < 4.78 is 32.6. The van der Waals surface area contributed by atoms with Crippen molar-refractivity contribution in [3.8, 4) is 0 Å². The summed E-state index contributed by atoms with van der Waals surface area (Å²) in [5, 5.41) is 0. The Kier molecular flexibility index (Phi) is 11.4. The standard InChI is InChI=1S/C16H35NO3S/c1-4-5-6-7-8-9-10-11-12-13-14-17(2,3)15-16-21(18,19)20/h4-16H2,1-3H3. The molecule has 0 heterocycles. The molecule has 5 heteroatoms. The van der Waals surface area contributed by atoms with Gasteiger partial charge in [-0.25, -0.2) is 8.42 Å². The molecule has 0 aromatic heterocycles. The summed E-state index contributed by atoms with van der Waals surface area (Å²) in [5.41, 5.74) is 0. The molecule has 0 aromatic carbocycles. The summed E-state index contributed by atoms with van der Waals surface area (Å²) in [6.45, 7) is 3.61. The molecule has 0 unspecified atom stereocenters. The van der Waals surface area contributed by atoms with Crippen LogP contribution in [0.5, 0.6) is 0 Å². The molecule has 0 radical (unpaired) electrons. The zero-order valence-electron chi connectivity index (χ0n) is 14.3. The van der Waals surface area contributed by atoms with Crippen molar-refractivity contribution in [1.82, 2.24) is 0 Å². The molecule has 0 aliphatic heterocycles. The third-order valence-corrected chi connectivity index (χ3v) is 4.75. The van der Waals surface area contributed by atoms with Crippen molar-refractivity contribution < 1.29 is 17.5 Å². The van der Waals surface area contributed by atoms with Gasteiger partial charge >= 0.3 is 0 Å². The molecule has 0 aliphatic carbocycles. The van der Waals surface area contributed by atoms with Gasteiger partial charge in [0.2, 0.25) is 0 Å². The maximum Gasteiger partial charge on any atom is 0.100 e. The van der Waals surface area contributed by atoms with Gasteiger partial charge in [-0.15, -0.1) is 0 Å². The van der Waals surface area contributed by atoms with E-state index in [1.54, 1.807) is 0 Å². The van der Waals surface area contributed by atoms with Crippen molar-refractivity contribution >= 4 is 10.1 Å². The van der Waals surface area contributed by atoms with E-state index in [4.69, 9.17) is 0 Å². The summed E-state index contributed by atoms with van der Waals surface area (Å²) in [6.07, 6.45) is 13.0. The highest BCUT2D eigenvalue weighted by Crippen LogP contribution is 2.11. The molecule has 0 fully saturated rings. The van der Waals surface area contributed by atoms with Crippen LogP contribution in [0.25, 0.3) is 0 Å². The topological polar surface area (TPSA) is 57.2 Å². The fourth-order valence-corrected chi connectivity index (χ4v) is 3.22. The Morgan fingerprint density at radius 1 is 0.762 bits per heavy atom. The Morgan fingerprint density at radius 2 is 1.19 bits per heavy atom. The van der Waals surface area contributed by atoms with Crippen LogP contribution in [0.2, 0.25) is 0 Å². The molecule has 0 saturated carbocycles. The van der Waals surface area contributed by atoms with Gasteiger partial charge in [0.15, 0.2) is 0 Å². The van der Waals surface area contributed by atoms with E-state index >= 15 is 0 Å². The molecule has 21 heavy (non-hydrogen) atoms. The van der Waals surface area contributed by atoms with Gasteiger partial charge in [0.1, 0.15) is 10.1 Å². The summed E-state index contributed by atoms with van der Waals surface area (Å²) in [6, 6.07) is 0. The first-order valence-corrected chi connectivity index (χ1v) is 10.1. The first-order valence-electron chi connectivity index (χ1n) is 8.52. The van der Waals surface area contributed by atoms with Crippen molar-refractivity contribution in [3.63, 3.8) is 0 Å². The molecular formula is C16H35NO3S. The highest BCUT2D eigenvalue weighted by molar-refractivity contribution is 7.85. The lowest BCUT2D eigenvalue weighted by molar-refractivity contribution is -0.888. The van der Waals surface area contributed by atoms with Crippen molar-refractivity contribution in [1.29, 1.82) is 0 Å². The Balaban J connectivity index is 3.44. The molecule has 0 saturated heterocycles. The number of nitrogens with zero attached hydrogens (tertiary/aromatic N) is 1. The second-order valence-electron chi connectivity index (χ2n) is 6.83. The number of hydrogen-bond acceptors (Lipinski definition) is 3. The second kappa shape index (κ2) is 11.4. The maximum atomic E-state index is 10.7. The Bertz CT molecular complexity index is 339. The Hall–Kier alpha value is -0.130. The lowest BCUT2D eigenvalue weighted by Crippen LogP contribution is -2.43. The van der Waals surface area contributed by atoms with Crippen LogP contribution < -0.4 is 0 Å². The largest absolute Gasteiger partial charge is 0.748 e. The van der Waals surface area contributed by atoms with E-state index in [2.05, 4.69) is 6.92 Å². The van der Waals surface area contributed by atoms with Gasteiger partial charge in [0, 0.05) is 0 Å². The van der Waals surface area contributed by atoms with Crippen LogP contribution in [-0.4, -0.2) is 50.4 Å². The van der Waals surface area contributed by atoms with Gasteiger partial charge in [-0.2, -0.15) is 0 Å². The first-order chi connectivity index (χ1) is 9.77. The van der Waals surface area contributed by atoms with Crippen molar-refractivity contribution in [2.24, 2.45) is 0 Å². The van der Waals surface area contributed by atoms with Gasteiger partial charge < -0.3 is 9.04 Å². The van der Waals surface area contributed by atoms with E-state index in [0.717, 1.165) is 13.0 Å². The van der Waals surface area contributed by atoms with Crippen LogP contribution in [0.3, 0.4) is 0 Å². The number of rotatable bonds is 14. The molecule has 0 atom stereocenters. The molecule has 0 bridgehead atoms. The normalized spacial score (nSPS) is 12.8. The van der Waals surface area contributed by atoms with Gasteiger partial charge in [0.05, 0.1) is 32.9 Å². The van der Waals surface area contributed by atoms with E-state index in [9.17, 15) is 13.0 Å². The molecule has 4 nitrogen and oxygen atoms in total.